The van der Waals surface area contributed by atoms with Crippen molar-refractivity contribution in [1.82, 2.24) is 0 Å². The highest BCUT2D eigenvalue weighted by Crippen LogP contribution is 2.55. The third-order valence-corrected chi connectivity index (χ3v) is 5.16. The Hall–Kier alpha value is -0.570. The number of hydrogen-bond acceptors (Lipinski definition) is 2. The van der Waals surface area contributed by atoms with Crippen molar-refractivity contribution in [3.63, 3.8) is 0 Å². The second-order valence-electron chi connectivity index (χ2n) is 7.60. The average Bonchev–Trinajstić information content (AvgIpc) is 2.45. The Morgan fingerprint density at radius 1 is 1.05 bits per heavy atom. The zero-order valence-electron chi connectivity index (χ0n) is 12.8. The molecule has 0 aromatic carbocycles. The predicted octanol–water partition coefficient (Wildman–Crippen LogP) is 4.01. The lowest BCUT2D eigenvalue weighted by Crippen LogP contribution is -2.46. The Morgan fingerprint density at radius 2 is 1.58 bits per heavy atom. The quantitative estimate of drug-likeness (QED) is 0.770. The second-order valence-corrected chi connectivity index (χ2v) is 7.60. The Bertz CT molecular complexity index is 349. The van der Waals surface area contributed by atoms with Gasteiger partial charge in [-0.1, -0.05) is 25.7 Å². The number of carbonyl (C=O) groups is 1. The summed E-state index contributed by atoms with van der Waals surface area (Å²) in [6.07, 6.45) is 6.91. The lowest BCUT2D eigenvalue weighted by atomic mass is 9.63. The highest BCUT2D eigenvalue weighted by Gasteiger charge is 2.58. The number of ether oxygens (including phenoxy) is 1. The predicted molar refractivity (Wildman–Crippen MR) is 75.1 cm³/mol. The van der Waals surface area contributed by atoms with Crippen LogP contribution in [-0.2, 0) is 9.53 Å². The third kappa shape index (κ3) is 2.67. The van der Waals surface area contributed by atoms with Crippen molar-refractivity contribution >= 4 is 5.97 Å². The summed E-state index contributed by atoms with van der Waals surface area (Å²) in [5.41, 5.74) is -1.12. The summed E-state index contributed by atoms with van der Waals surface area (Å²) in [7, 11) is 0. The van der Waals surface area contributed by atoms with Gasteiger partial charge in [-0.3, -0.25) is 4.79 Å². The SMILES string of the molecule is CC1(C)CC(C2(C(=O)O)CCCCCC2)C(C)(C)O1. The van der Waals surface area contributed by atoms with Gasteiger partial charge in [-0.2, -0.15) is 0 Å². The van der Waals surface area contributed by atoms with E-state index in [9.17, 15) is 9.90 Å². The van der Waals surface area contributed by atoms with E-state index in [0.717, 1.165) is 32.1 Å². The lowest BCUT2D eigenvalue weighted by molar-refractivity contribution is -0.160. The smallest absolute Gasteiger partial charge is 0.310 e. The molecule has 2 rings (SSSR count). The topological polar surface area (TPSA) is 46.5 Å². The molecule has 1 aliphatic carbocycles. The van der Waals surface area contributed by atoms with Crippen LogP contribution in [0.2, 0.25) is 0 Å². The summed E-state index contributed by atoms with van der Waals surface area (Å²) in [5, 5.41) is 9.92. The molecule has 3 nitrogen and oxygen atoms in total. The maximum absolute atomic E-state index is 12.1. The number of carboxylic acids is 1. The van der Waals surface area contributed by atoms with E-state index in [2.05, 4.69) is 27.7 Å². The molecule has 2 aliphatic rings. The van der Waals surface area contributed by atoms with Crippen molar-refractivity contribution in [2.24, 2.45) is 11.3 Å². The maximum atomic E-state index is 12.1. The van der Waals surface area contributed by atoms with E-state index in [-0.39, 0.29) is 17.1 Å². The van der Waals surface area contributed by atoms with Crippen LogP contribution in [0.25, 0.3) is 0 Å². The summed E-state index contributed by atoms with van der Waals surface area (Å²) >= 11 is 0. The Kier molecular flexibility index (Phi) is 3.72. The van der Waals surface area contributed by atoms with Crippen LogP contribution in [0.1, 0.15) is 72.6 Å². The molecule has 1 N–H and O–H groups in total. The van der Waals surface area contributed by atoms with Crippen molar-refractivity contribution in [2.45, 2.75) is 83.8 Å². The molecule has 19 heavy (non-hydrogen) atoms. The van der Waals surface area contributed by atoms with Crippen LogP contribution in [0, 0.1) is 11.3 Å². The highest BCUT2D eigenvalue weighted by atomic mass is 16.5. The Morgan fingerprint density at radius 3 is 1.95 bits per heavy atom. The van der Waals surface area contributed by atoms with E-state index < -0.39 is 11.4 Å². The van der Waals surface area contributed by atoms with Gasteiger partial charge < -0.3 is 9.84 Å². The number of rotatable bonds is 2. The van der Waals surface area contributed by atoms with E-state index in [1.165, 1.54) is 12.8 Å². The number of hydrogen-bond donors (Lipinski definition) is 1. The van der Waals surface area contributed by atoms with Gasteiger partial charge in [0.15, 0.2) is 0 Å². The van der Waals surface area contributed by atoms with Crippen LogP contribution in [-0.4, -0.2) is 22.3 Å². The van der Waals surface area contributed by atoms with Gasteiger partial charge in [0.25, 0.3) is 0 Å². The first-order valence-corrected chi connectivity index (χ1v) is 7.63. The average molecular weight is 268 g/mol. The van der Waals surface area contributed by atoms with Crippen LogP contribution in [0.15, 0.2) is 0 Å². The van der Waals surface area contributed by atoms with Crippen molar-refractivity contribution < 1.29 is 14.6 Å². The molecule has 110 valence electrons. The number of aliphatic carboxylic acids is 1. The largest absolute Gasteiger partial charge is 0.481 e. The minimum Gasteiger partial charge on any atom is -0.481 e. The number of carboxylic acid groups (broad SMARTS) is 1. The van der Waals surface area contributed by atoms with E-state index in [1.807, 2.05) is 0 Å². The summed E-state index contributed by atoms with van der Waals surface area (Å²) in [5.74, 6) is -0.487. The van der Waals surface area contributed by atoms with Gasteiger partial charge in [-0.15, -0.1) is 0 Å². The molecule has 0 radical (unpaired) electrons. The van der Waals surface area contributed by atoms with Gasteiger partial charge in [0.05, 0.1) is 16.6 Å². The second kappa shape index (κ2) is 4.76. The molecule has 1 atom stereocenters. The van der Waals surface area contributed by atoms with Gasteiger partial charge in [0.2, 0.25) is 0 Å². The first-order chi connectivity index (χ1) is 8.70. The van der Waals surface area contributed by atoms with Crippen molar-refractivity contribution in [3.8, 4) is 0 Å². The van der Waals surface area contributed by atoms with Crippen molar-refractivity contribution in [2.75, 3.05) is 0 Å². The van der Waals surface area contributed by atoms with Crippen LogP contribution < -0.4 is 0 Å². The van der Waals surface area contributed by atoms with E-state index in [0.29, 0.717) is 0 Å². The monoisotopic (exact) mass is 268 g/mol. The van der Waals surface area contributed by atoms with E-state index in [4.69, 9.17) is 4.74 Å². The molecule has 1 saturated heterocycles. The third-order valence-electron chi connectivity index (χ3n) is 5.16. The molecule has 1 saturated carbocycles. The molecular formula is C16H28O3. The summed E-state index contributed by atoms with van der Waals surface area (Å²) in [6.45, 7) is 8.31. The molecule has 2 fully saturated rings. The van der Waals surface area contributed by atoms with E-state index >= 15 is 0 Å². The molecule has 0 aromatic rings. The molecule has 0 spiro atoms. The van der Waals surface area contributed by atoms with Gasteiger partial charge >= 0.3 is 5.97 Å². The van der Waals surface area contributed by atoms with Gasteiger partial charge in [0.1, 0.15) is 0 Å². The fourth-order valence-electron chi connectivity index (χ4n) is 4.49. The zero-order chi connectivity index (χ0) is 14.3. The summed E-state index contributed by atoms with van der Waals surface area (Å²) in [6, 6.07) is 0. The van der Waals surface area contributed by atoms with E-state index in [1.54, 1.807) is 0 Å². The first kappa shape index (κ1) is 14.8. The molecule has 1 heterocycles. The molecule has 0 amide bonds. The standard InChI is InChI=1S/C16H28O3/c1-14(2)11-12(15(3,4)19-14)16(13(17)18)9-7-5-6-8-10-16/h12H,5-11H2,1-4H3,(H,17,18). The Labute approximate surface area is 116 Å². The van der Waals surface area contributed by atoms with Gasteiger partial charge in [0, 0.05) is 5.92 Å². The first-order valence-electron chi connectivity index (χ1n) is 7.63. The van der Waals surface area contributed by atoms with Crippen LogP contribution in [0.5, 0.6) is 0 Å². The maximum Gasteiger partial charge on any atom is 0.310 e. The van der Waals surface area contributed by atoms with Gasteiger partial charge in [-0.25, -0.2) is 0 Å². The fourth-order valence-corrected chi connectivity index (χ4v) is 4.49. The van der Waals surface area contributed by atoms with Crippen LogP contribution in [0.4, 0.5) is 0 Å². The summed E-state index contributed by atoms with van der Waals surface area (Å²) < 4.78 is 6.15. The highest BCUT2D eigenvalue weighted by molar-refractivity contribution is 5.75. The Balaban J connectivity index is 2.36. The minimum atomic E-state index is -0.603. The zero-order valence-corrected chi connectivity index (χ0v) is 12.8. The molecule has 3 heteroatoms. The molecule has 1 unspecified atom stereocenters. The van der Waals surface area contributed by atoms with Crippen molar-refractivity contribution in [1.29, 1.82) is 0 Å². The normalized spacial score (nSPS) is 32.7. The van der Waals surface area contributed by atoms with Crippen molar-refractivity contribution in [3.05, 3.63) is 0 Å². The van der Waals surface area contributed by atoms with Gasteiger partial charge in [-0.05, 0) is 47.0 Å². The molecule has 1 aliphatic heterocycles. The summed E-state index contributed by atoms with van der Waals surface area (Å²) in [4.78, 5) is 12.1. The molecular weight excluding hydrogens is 240 g/mol. The lowest BCUT2D eigenvalue weighted by Gasteiger charge is -2.40. The minimum absolute atomic E-state index is 0.116. The van der Waals surface area contributed by atoms with Crippen LogP contribution in [0.3, 0.4) is 0 Å². The van der Waals surface area contributed by atoms with Crippen LogP contribution >= 0.6 is 0 Å². The molecule has 0 bridgehead atoms. The molecule has 0 aromatic heterocycles. The fraction of sp³-hybridized carbons (Fsp3) is 0.938.